The maximum absolute atomic E-state index is 11.4. The van der Waals surface area contributed by atoms with Crippen molar-refractivity contribution in [2.75, 3.05) is 19.0 Å². The van der Waals surface area contributed by atoms with Crippen molar-refractivity contribution in [2.45, 2.75) is 27.7 Å². The van der Waals surface area contributed by atoms with Crippen molar-refractivity contribution < 1.29 is 17.9 Å². The maximum Gasteiger partial charge on any atom is 0.209 e. The van der Waals surface area contributed by atoms with Crippen molar-refractivity contribution in [3.8, 4) is 11.5 Å². The first-order valence-electron chi connectivity index (χ1n) is 6.98. The van der Waals surface area contributed by atoms with Crippen LogP contribution in [0.15, 0.2) is 24.3 Å². The highest BCUT2D eigenvalue weighted by Crippen LogP contribution is 2.31. The molecule has 0 heterocycles. The van der Waals surface area contributed by atoms with Crippen molar-refractivity contribution in [1.82, 2.24) is 0 Å². The molecule has 0 aliphatic rings. The maximum atomic E-state index is 11.4. The third-order valence-electron chi connectivity index (χ3n) is 3.25. The summed E-state index contributed by atoms with van der Waals surface area (Å²) in [5, 5.41) is 5.17. The molecule has 0 aromatic heterocycles. The normalized spacial score (nSPS) is 13.8. The van der Waals surface area contributed by atoms with Crippen LogP contribution in [0.4, 0.5) is 0 Å². The zero-order valence-corrected chi connectivity index (χ0v) is 13.9. The fourth-order valence-electron chi connectivity index (χ4n) is 1.86. The Morgan fingerprint density at radius 1 is 1.14 bits per heavy atom. The number of nitrogens with two attached hydrogens (primary N) is 1. The van der Waals surface area contributed by atoms with Gasteiger partial charge in [-0.2, -0.15) is 0 Å². The lowest BCUT2D eigenvalue weighted by molar-refractivity contribution is 0.158. The summed E-state index contributed by atoms with van der Waals surface area (Å²) in [6, 6.07) is 7.35. The summed E-state index contributed by atoms with van der Waals surface area (Å²) in [6.07, 6.45) is 0. The molecule has 0 saturated heterocycles. The predicted molar refractivity (Wildman–Crippen MR) is 84.0 cm³/mol. The van der Waals surface area contributed by atoms with Gasteiger partial charge in [0.05, 0.1) is 19.0 Å². The summed E-state index contributed by atoms with van der Waals surface area (Å²) in [5.41, 5.74) is -0.229. The van der Waals surface area contributed by atoms with E-state index in [-0.39, 0.29) is 23.7 Å². The topological polar surface area (TPSA) is 78.6 Å². The van der Waals surface area contributed by atoms with Crippen LogP contribution in [-0.4, -0.2) is 27.4 Å². The van der Waals surface area contributed by atoms with E-state index in [4.69, 9.17) is 14.6 Å². The molecule has 0 fully saturated rings. The molecule has 0 radical (unpaired) electrons. The van der Waals surface area contributed by atoms with E-state index in [1.165, 1.54) is 0 Å². The van der Waals surface area contributed by atoms with Crippen LogP contribution in [0.2, 0.25) is 0 Å². The molecular formula is C15H25NO4S. The number of rotatable bonds is 7. The minimum Gasteiger partial charge on any atom is -0.490 e. The van der Waals surface area contributed by atoms with Gasteiger partial charge in [0.1, 0.15) is 0 Å². The summed E-state index contributed by atoms with van der Waals surface area (Å²) >= 11 is 0. The van der Waals surface area contributed by atoms with E-state index in [1.807, 2.05) is 52.0 Å². The number of ether oxygens (including phenoxy) is 2. The summed E-state index contributed by atoms with van der Waals surface area (Å²) in [4.78, 5) is 0. The minimum atomic E-state index is -3.54. The Bertz CT molecular complexity index is 549. The van der Waals surface area contributed by atoms with Crippen molar-refractivity contribution in [3.05, 3.63) is 24.3 Å². The van der Waals surface area contributed by atoms with Crippen LogP contribution in [0, 0.1) is 11.3 Å². The Kier molecular flexibility index (Phi) is 6.04. The largest absolute Gasteiger partial charge is 0.490 e. The highest BCUT2D eigenvalue weighted by Gasteiger charge is 2.29. The monoisotopic (exact) mass is 315 g/mol. The molecular weight excluding hydrogens is 290 g/mol. The Balaban J connectivity index is 2.82. The molecule has 2 N–H and O–H groups in total. The molecule has 0 aliphatic heterocycles. The van der Waals surface area contributed by atoms with Gasteiger partial charge in [-0.3, -0.25) is 0 Å². The van der Waals surface area contributed by atoms with Gasteiger partial charge < -0.3 is 9.47 Å². The van der Waals surface area contributed by atoms with Gasteiger partial charge in [-0.05, 0) is 24.5 Å². The standard InChI is InChI=1S/C15H25NO4S/c1-5-19-13-8-6-7-9-14(13)20-10-12(15(2,3)4)11-21(16,17)18/h6-9,12H,5,10-11H2,1-4H3,(H2,16,17,18). The van der Waals surface area contributed by atoms with Crippen LogP contribution in [0.25, 0.3) is 0 Å². The van der Waals surface area contributed by atoms with Crippen LogP contribution < -0.4 is 14.6 Å². The zero-order valence-electron chi connectivity index (χ0n) is 13.1. The fourth-order valence-corrected chi connectivity index (χ4v) is 3.02. The average Bonchev–Trinajstić information content (AvgIpc) is 2.34. The Morgan fingerprint density at radius 3 is 2.10 bits per heavy atom. The van der Waals surface area contributed by atoms with Crippen LogP contribution >= 0.6 is 0 Å². The van der Waals surface area contributed by atoms with Crippen molar-refractivity contribution >= 4 is 10.0 Å². The molecule has 6 heteroatoms. The SMILES string of the molecule is CCOc1ccccc1OCC(CS(N)(=O)=O)C(C)(C)C. The van der Waals surface area contributed by atoms with Gasteiger partial charge in [0.25, 0.3) is 0 Å². The molecule has 1 aromatic carbocycles. The number of hydrogen-bond donors (Lipinski definition) is 1. The van der Waals surface area contributed by atoms with Crippen molar-refractivity contribution in [3.63, 3.8) is 0 Å². The molecule has 1 unspecified atom stereocenters. The first-order chi connectivity index (χ1) is 9.63. The number of benzene rings is 1. The first-order valence-corrected chi connectivity index (χ1v) is 8.70. The molecule has 0 bridgehead atoms. The average molecular weight is 315 g/mol. The predicted octanol–water partition coefficient (Wildman–Crippen LogP) is 2.41. The summed E-state index contributed by atoms with van der Waals surface area (Å²) in [5.74, 6) is 0.960. The minimum absolute atomic E-state index is 0.104. The smallest absolute Gasteiger partial charge is 0.209 e. The molecule has 5 nitrogen and oxygen atoms in total. The molecule has 1 rings (SSSR count). The van der Waals surface area contributed by atoms with Gasteiger partial charge in [0.2, 0.25) is 10.0 Å². The van der Waals surface area contributed by atoms with Gasteiger partial charge in [0, 0.05) is 5.92 Å². The van der Waals surface area contributed by atoms with E-state index in [1.54, 1.807) is 0 Å². The van der Waals surface area contributed by atoms with E-state index in [0.29, 0.717) is 18.1 Å². The molecule has 0 amide bonds. The quantitative estimate of drug-likeness (QED) is 0.838. The van der Waals surface area contributed by atoms with Crippen LogP contribution in [0.3, 0.4) is 0 Å². The van der Waals surface area contributed by atoms with Gasteiger partial charge >= 0.3 is 0 Å². The molecule has 0 aliphatic carbocycles. The first kappa shape index (κ1) is 17.8. The molecule has 120 valence electrons. The lowest BCUT2D eigenvalue weighted by Gasteiger charge is -2.30. The summed E-state index contributed by atoms with van der Waals surface area (Å²) in [6.45, 7) is 8.63. The third-order valence-corrected chi connectivity index (χ3v) is 4.11. The Morgan fingerprint density at radius 2 is 1.67 bits per heavy atom. The van der Waals surface area contributed by atoms with E-state index < -0.39 is 10.0 Å². The molecule has 0 saturated carbocycles. The van der Waals surface area contributed by atoms with Gasteiger partial charge in [-0.1, -0.05) is 32.9 Å². The van der Waals surface area contributed by atoms with E-state index >= 15 is 0 Å². The van der Waals surface area contributed by atoms with Gasteiger partial charge in [0.15, 0.2) is 11.5 Å². The Hall–Kier alpha value is -1.27. The van der Waals surface area contributed by atoms with Gasteiger partial charge in [-0.15, -0.1) is 0 Å². The van der Waals surface area contributed by atoms with Crippen molar-refractivity contribution in [2.24, 2.45) is 16.5 Å². The second-order valence-electron chi connectivity index (χ2n) is 6.08. The molecule has 1 aromatic rings. The number of primary sulfonamides is 1. The van der Waals surface area contributed by atoms with E-state index in [2.05, 4.69) is 0 Å². The second-order valence-corrected chi connectivity index (χ2v) is 7.74. The third kappa shape index (κ3) is 6.35. The number of hydrogen-bond acceptors (Lipinski definition) is 4. The highest BCUT2D eigenvalue weighted by molar-refractivity contribution is 7.89. The lowest BCUT2D eigenvalue weighted by atomic mass is 9.82. The Labute approximate surface area is 127 Å². The summed E-state index contributed by atoms with van der Waals surface area (Å²) in [7, 11) is -3.54. The zero-order chi connectivity index (χ0) is 16.1. The van der Waals surface area contributed by atoms with Crippen LogP contribution in [-0.2, 0) is 10.0 Å². The number of sulfonamides is 1. The van der Waals surface area contributed by atoms with Crippen molar-refractivity contribution in [1.29, 1.82) is 0 Å². The summed E-state index contributed by atoms with van der Waals surface area (Å²) < 4.78 is 34.0. The highest BCUT2D eigenvalue weighted by atomic mass is 32.2. The van der Waals surface area contributed by atoms with E-state index in [0.717, 1.165) is 0 Å². The second kappa shape index (κ2) is 7.13. The molecule has 0 spiro atoms. The molecule has 1 atom stereocenters. The van der Waals surface area contributed by atoms with Gasteiger partial charge in [-0.25, -0.2) is 13.6 Å². The lowest BCUT2D eigenvalue weighted by Crippen LogP contribution is -2.35. The fraction of sp³-hybridized carbons (Fsp3) is 0.600. The van der Waals surface area contributed by atoms with E-state index in [9.17, 15) is 8.42 Å². The number of para-hydroxylation sites is 2. The molecule has 21 heavy (non-hydrogen) atoms. The van der Waals surface area contributed by atoms with Crippen LogP contribution in [0.5, 0.6) is 11.5 Å². The van der Waals surface area contributed by atoms with Crippen LogP contribution in [0.1, 0.15) is 27.7 Å².